The molecule has 0 aliphatic carbocycles. The molecule has 34 heavy (non-hydrogen) atoms. The summed E-state index contributed by atoms with van der Waals surface area (Å²) in [6, 6.07) is 10.3. The molecule has 3 heterocycles. The molecule has 2 saturated heterocycles. The molecule has 2 aromatic rings. The van der Waals surface area contributed by atoms with Gasteiger partial charge in [-0.05, 0) is 55.9 Å². The Morgan fingerprint density at radius 1 is 1.09 bits per heavy atom. The maximum Gasteiger partial charge on any atom is 0.254 e. The molecule has 0 spiro atoms. The van der Waals surface area contributed by atoms with E-state index in [1.807, 2.05) is 24.3 Å². The summed E-state index contributed by atoms with van der Waals surface area (Å²) >= 11 is 0. The predicted molar refractivity (Wildman–Crippen MR) is 134 cm³/mol. The number of benzene rings is 1. The van der Waals surface area contributed by atoms with Crippen LogP contribution in [0.5, 0.6) is 0 Å². The highest BCUT2D eigenvalue weighted by atomic mass is 16.1. The van der Waals surface area contributed by atoms with Gasteiger partial charge in [-0.3, -0.25) is 4.79 Å². The first-order chi connectivity index (χ1) is 16.6. The third-order valence-electron chi connectivity index (χ3n) is 6.69. The van der Waals surface area contributed by atoms with E-state index in [-0.39, 0.29) is 11.3 Å². The van der Waals surface area contributed by atoms with E-state index in [1.165, 1.54) is 12.8 Å². The smallest absolute Gasteiger partial charge is 0.254 e. The van der Waals surface area contributed by atoms with Crippen molar-refractivity contribution in [2.45, 2.75) is 44.9 Å². The Balaban J connectivity index is 1.55. The number of nitrogens with one attached hydrogen (secondary N) is 2. The van der Waals surface area contributed by atoms with Crippen molar-refractivity contribution in [1.82, 2.24) is 9.97 Å². The van der Waals surface area contributed by atoms with Crippen LogP contribution in [-0.4, -0.2) is 48.3 Å². The molecule has 0 bridgehead atoms. The largest absolute Gasteiger partial charge is 0.372 e. The standard InChI is InChI=1S/C25H32N8O/c26-12-9-18-10-15-32(16-11-18)20-7-5-19(6-8-20)29-24-22(23(28)34)21(17-27)30-25(31-24)33-13-3-1-2-4-14-33/h5-8,17-18,27H,1-4,9-11,13-16H2,(H2,28,34)(H,29,30,31). The molecule has 4 N–H and O–H groups in total. The van der Waals surface area contributed by atoms with Crippen LogP contribution >= 0.6 is 0 Å². The summed E-state index contributed by atoms with van der Waals surface area (Å²) < 4.78 is 0. The highest BCUT2D eigenvalue weighted by Gasteiger charge is 2.22. The molecule has 4 rings (SSSR count). The molecule has 178 valence electrons. The van der Waals surface area contributed by atoms with Crippen LogP contribution in [0.3, 0.4) is 0 Å². The first-order valence-electron chi connectivity index (χ1n) is 12.0. The number of nitrogens with zero attached hydrogens (tertiary/aromatic N) is 5. The highest BCUT2D eigenvalue weighted by molar-refractivity contribution is 6.04. The molecule has 1 aromatic carbocycles. The van der Waals surface area contributed by atoms with Crippen molar-refractivity contribution < 1.29 is 4.79 Å². The quantitative estimate of drug-likeness (QED) is 0.534. The van der Waals surface area contributed by atoms with Gasteiger partial charge in [0.2, 0.25) is 5.95 Å². The van der Waals surface area contributed by atoms with Crippen molar-refractivity contribution in [2.24, 2.45) is 11.7 Å². The molecule has 2 fully saturated rings. The molecule has 1 amide bonds. The third-order valence-corrected chi connectivity index (χ3v) is 6.69. The Kier molecular flexibility index (Phi) is 7.58. The molecule has 1 aromatic heterocycles. The second-order valence-electron chi connectivity index (χ2n) is 9.01. The van der Waals surface area contributed by atoms with Gasteiger partial charge in [-0.2, -0.15) is 10.2 Å². The van der Waals surface area contributed by atoms with E-state index in [0.29, 0.717) is 24.1 Å². The van der Waals surface area contributed by atoms with Gasteiger partial charge in [0.1, 0.15) is 17.1 Å². The fourth-order valence-corrected chi connectivity index (χ4v) is 4.73. The van der Waals surface area contributed by atoms with Crippen LogP contribution in [0, 0.1) is 22.7 Å². The molecule has 0 unspecified atom stereocenters. The van der Waals surface area contributed by atoms with Gasteiger partial charge in [0.25, 0.3) is 5.91 Å². The number of hydrogen-bond donors (Lipinski definition) is 3. The number of primary amides is 1. The fourth-order valence-electron chi connectivity index (χ4n) is 4.73. The number of anilines is 4. The van der Waals surface area contributed by atoms with E-state index in [0.717, 1.165) is 69.5 Å². The molecule has 2 aliphatic heterocycles. The minimum Gasteiger partial charge on any atom is -0.372 e. The van der Waals surface area contributed by atoms with E-state index in [2.05, 4.69) is 31.2 Å². The summed E-state index contributed by atoms with van der Waals surface area (Å²) in [5.74, 6) is 0.670. The lowest BCUT2D eigenvalue weighted by Gasteiger charge is -2.32. The van der Waals surface area contributed by atoms with Crippen molar-refractivity contribution in [3.63, 3.8) is 0 Å². The molecule has 2 aliphatic rings. The maximum atomic E-state index is 12.2. The number of aromatic nitrogens is 2. The van der Waals surface area contributed by atoms with Crippen LogP contribution in [-0.2, 0) is 0 Å². The zero-order valence-corrected chi connectivity index (χ0v) is 19.5. The molecule has 9 nitrogen and oxygen atoms in total. The lowest BCUT2D eigenvalue weighted by atomic mass is 9.94. The summed E-state index contributed by atoms with van der Waals surface area (Å²) in [7, 11) is 0. The van der Waals surface area contributed by atoms with Gasteiger partial charge in [-0.15, -0.1) is 0 Å². The lowest BCUT2D eigenvalue weighted by molar-refractivity contribution is 0.100. The minimum absolute atomic E-state index is 0.122. The molecule has 0 saturated carbocycles. The first-order valence-corrected chi connectivity index (χ1v) is 12.0. The average molecular weight is 461 g/mol. The maximum absolute atomic E-state index is 12.2. The van der Waals surface area contributed by atoms with E-state index < -0.39 is 5.91 Å². The van der Waals surface area contributed by atoms with Crippen molar-refractivity contribution in [3.8, 4) is 6.07 Å². The Hall–Kier alpha value is -3.67. The number of nitriles is 1. The topological polar surface area (TPSA) is 135 Å². The van der Waals surface area contributed by atoms with Crippen LogP contribution in [0.1, 0.15) is 61.0 Å². The van der Waals surface area contributed by atoms with Crippen LogP contribution < -0.4 is 20.9 Å². The second-order valence-corrected chi connectivity index (χ2v) is 9.01. The summed E-state index contributed by atoms with van der Waals surface area (Å²) in [6.07, 6.45) is 8.26. The Bertz CT molecular complexity index is 1050. The van der Waals surface area contributed by atoms with Crippen molar-refractivity contribution in [2.75, 3.05) is 41.3 Å². The zero-order chi connectivity index (χ0) is 23.9. The number of piperidine rings is 1. The molecule has 9 heteroatoms. The van der Waals surface area contributed by atoms with Gasteiger partial charge in [0, 0.05) is 50.2 Å². The van der Waals surface area contributed by atoms with E-state index >= 15 is 0 Å². The minimum atomic E-state index is -0.666. The number of hydrogen-bond acceptors (Lipinski definition) is 8. The molecule has 0 atom stereocenters. The van der Waals surface area contributed by atoms with E-state index in [1.54, 1.807) is 0 Å². The van der Waals surface area contributed by atoms with Gasteiger partial charge < -0.3 is 26.3 Å². The predicted octanol–water partition coefficient (Wildman–Crippen LogP) is 3.83. The van der Waals surface area contributed by atoms with Crippen molar-refractivity contribution in [3.05, 3.63) is 35.5 Å². The summed E-state index contributed by atoms with van der Waals surface area (Å²) in [5, 5.41) is 20.0. The number of carbonyl (C=O) groups excluding carboxylic acids is 1. The van der Waals surface area contributed by atoms with Crippen LogP contribution in [0.15, 0.2) is 24.3 Å². The van der Waals surface area contributed by atoms with Crippen molar-refractivity contribution in [1.29, 1.82) is 10.7 Å². The Morgan fingerprint density at radius 3 is 2.35 bits per heavy atom. The molecular weight excluding hydrogens is 428 g/mol. The first kappa shape index (κ1) is 23.5. The van der Waals surface area contributed by atoms with E-state index in [4.69, 9.17) is 16.4 Å². The van der Waals surface area contributed by atoms with Gasteiger partial charge >= 0.3 is 0 Å². The zero-order valence-electron chi connectivity index (χ0n) is 19.5. The van der Waals surface area contributed by atoms with E-state index in [9.17, 15) is 4.79 Å². The summed E-state index contributed by atoms with van der Waals surface area (Å²) in [4.78, 5) is 25.8. The Morgan fingerprint density at radius 2 is 1.76 bits per heavy atom. The van der Waals surface area contributed by atoms with Gasteiger partial charge in [0.15, 0.2) is 0 Å². The third kappa shape index (κ3) is 5.45. The normalized spacial score (nSPS) is 17.0. The number of carbonyl (C=O) groups is 1. The fraction of sp³-hybridized carbons (Fsp3) is 0.480. The van der Waals surface area contributed by atoms with Crippen LogP contribution in [0.2, 0.25) is 0 Å². The van der Waals surface area contributed by atoms with Crippen molar-refractivity contribution >= 4 is 35.3 Å². The number of rotatable bonds is 7. The van der Waals surface area contributed by atoms with Gasteiger partial charge in [-0.25, -0.2) is 4.98 Å². The second kappa shape index (κ2) is 11.0. The summed E-state index contributed by atoms with van der Waals surface area (Å²) in [5.41, 5.74) is 7.90. The van der Waals surface area contributed by atoms with Gasteiger partial charge in [-0.1, -0.05) is 12.8 Å². The number of amides is 1. The lowest BCUT2D eigenvalue weighted by Crippen LogP contribution is -2.33. The van der Waals surface area contributed by atoms with Gasteiger partial charge in [0.05, 0.1) is 6.07 Å². The van der Waals surface area contributed by atoms with Crippen LogP contribution in [0.4, 0.5) is 23.1 Å². The highest BCUT2D eigenvalue weighted by Crippen LogP contribution is 2.28. The molecule has 0 radical (unpaired) electrons. The molecular formula is C25H32N8O. The SMILES string of the molecule is N#CCC1CCN(c2ccc(Nc3nc(N4CCCCCC4)nc(C=N)c3C(N)=O)cc2)CC1. The monoisotopic (exact) mass is 460 g/mol. The number of nitrogens with two attached hydrogens (primary N) is 1. The van der Waals surface area contributed by atoms with Crippen LogP contribution in [0.25, 0.3) is 0 Å². The average Bonchev–Trinajstić information content (AvgIpc) is 3.14. The summed E-state index contributed by atoms with van der Waals surface area (Å²) in [6.45, 7) is 3.59. The Labute approximate surface area is 200 Å².